The lowest BCUT2D eigenvalue weighted by atomic mass is 9.77. The van der Waals surface area contributed by atoms with E-state index in [4.69, 9.17) is 0 Å². The first-order chi connectivity index (χ1) is 6.69. The van der Waals surface area contributed by atoms with Gasteiger partial charge in [-0.2, -0.15) is 0 Å². The first-order valence-electron chi connectivity index (χ1n) is 6.45. The Morgan fingerprint density at radius 2 is 1.79 bits per heavy atom. The average Bonchev–Trinajstić information content (AvgIpc) is 2.20. The first kappa shape index (κ1) is 12.0. The summed E-state index contributed by atoms with van der Waals surface area (Å²) in [7, 11) is 0. The highest BCUT2D eigenvalue weighted by Gasteiger charge is 2.27. The molecule has 1 fully saturated rings. The lowest BCUT2D eigenvalue weighted by Crippen LogP contribution is -2.45. The molecule has 84 valence electrons. The van der Waals surface area contributed by atoms with Gasteiger partial charge in [0.15, 0.2) is 0 Å². The summed E-state index contributed by atoms with van der Waals surface area (Å²) in [5.74, 6) is 1.78. The van der Waals surface area contributed by atoms with E-state index < -0.39 is 0 Å². The van der Waals surface area contributed by atoms with Crippen LogP contribution in [0.25, 0.3) is 0 Å². The van der Waals surface area contributed by atoms with Crippen LogP contribution in [-0.4, -0.2) is 12.1 Å². The monoisotopic (exact) mass is 197 g/mol. The molecule has 14 heavy (non-hydrogen) atoms. The molecule has 1 rings (SSSR count). The van der Waals surface area contributed by atoms with E-state index in [1.54, 1.807) is 0 Å². The van der Waals surface area contributed by atoms with E-state index in [1.807, 2.05) is 0 Å². The molecule has 0 heterocycles. The van der Waals surface area contributed by atoms with Gasteiger partial charge in [-0.25, -0.2) is 0 Å². The van der Waals surface area contributed by atoms with Crippen LogP contribution in [0.2, 0.25) is 0 Å². The Hall–Kier alpha value is -0.0400. The molecular weight excluding hydrogens is 170 g/mol. The highest BCUT2D eigenvalue weighted by molar-refractivity contribution is 4.84. The molecule has 1 aliphatic carbocycles. The molecule has 0 aromatic carbocycles. The zero-order chi connectivity index (χ0) is 10.6. The van der Waals surface area contributed by atoms with Crippen molar-refractivity contribution in [2.75, 3.05) is 0 Å². The van der Waals surface area contributed by atoms with Crippen molar-refractivity contribution in [2.45, 2.75) is 71.9 Å². The SMILES string of the molecule is CCC(CC)NC1CCCC(C)C1C. The Morgan fingerprint density at radius 1 is 1.14 bits per heavy atom. The Labute approximate surface area is 89.7 Å². The molecule has 0 saturated heterocycles. The number of nitrogens with one attached hydrogen (secondary N) is 1. The summed E-state index contributed by atoms with van der Waals surface area (Å²) in [6.07, 6.45) is 6.79. The molecule has 3 unspecified atom stereocenters. The van der Waals surface area contributed by atoms with Crippen molar-refractivity contribution in [3.63, 3.8) is 0 Å². The average molecular weight is 197 g/mol. The number of hydrogen-bond acceptors (Lipinski definition) is 1. The van der Waals surface area contributed by atoms with Gasteiger partial charge in [0.2, 0.25) is 0 Å². The van der Waals surface area contributed by atoms with E-state index in [1.165, 1.54) is 32.1 Å². The predicted octanol–water partition coefficient (Wildman–Crippen LogP) is 3.59. The minimum Gasteiger partial charge on any atom is -0.311 e. The minimum absolute atomic E-state index is 0.743. The van der Waals surface area contributed by atoms with Gasteiger partial charge in [-0.05, 0) is 31.1 Å². The summed E-state index contributed by atoms with van der Waals surface area (Å²) in [5.41, 5.74) is 0. The minimum atomic E-state index is 0.743. The Balaban J connectivity index is 2.41. The van der Waals surface area contributed by atoms with Crippen molar-refractivity contribution < 1.29 is 0 Å². The maximum absolute atomic E-state index is 3.84. The quantitative estimate of drug-likeness (QED) is 0.726. The lowest BCUT2D eigenvalue weighted by molar-refractivity contribution is 0.191. The van der Waals surface area contributed by atoms with Crippen molar-refractivity contribution in [2.24, 2.45) is 11.8 Å². The number of rotatable bonds is 4. The molecule has 0 aromatic heterocycles. The van der Waals surface area contributed by atoms with Crippen molar-refractivity contribution in [3.8, 4) is 0 Å². The molecular formula is C13H27N. The largest absolute Gasteiger partial charge is 0.311 e. The second kappa shape index (κ2) is 5.75. The smallest absolute Gasteiger partial charge is 0.00978 e. The van der Waals surface area contributed by atoms with Gasteiger partial charge in [0.05, 0.1) is 0 Å². The molecule has 1 aliphatic rings. The van der Waals surface area contributed by atoms with Crippen LogP contribution in [0.5, 0.6) is 0 Å². The molecule has 3 atom stereocenters. The molecule has 1 heteroatoms. The van der Waals surface area contributed by atoms with E-state index in [0.29, 0.717) is 0 Å². The van der Waals surface area contributed by atoms with E-state index in [0.717, 1.165) is 23.9 Å². The van der Waals surface area contributed by atoms with Crippen LogP contribution < -0.4 is 5.32 Å². The fourth-order valence-corrected chi connectivity index (χ4v) is 2.64. The fourth-order valence-electron chi connectivity index (χ4n) is 2.64. The fraction of sp³-hybridized carbons (Fsp3) is 1.00. The summed E-state index contributed by atoms with van der Waals surface area (Å²) in [6, 6.07) is 1.52. The maximum Gasteiger partial charge on any atom is 0.00978 e. The number of hydrogen-bond donors (Lipinski definition) is 1. The van der Waals surface area contributed by atoms with Crippen LogP contribution in [0.3, 0.4) is 0 Å². The van der Waals surface area contributed by atoms with Crippen molar-refractivity contribution in [3.05, 3.63) is 0 Å². The van der Waals surface area contributed by atoms with Crippen molar-refractivity contribution >= 4 is 0 Å². The second-order valence-electron chi connectivity index (χ2n) is 5.05. The van der Waals surface area contributed by atoms with Crippen molar-refractivity contribution in [1.29, 1.82) is 0 Å². The molecule has 1 N–H and O–H groups in total. The Morgan fingerprint density at radius 3 is 2.36 bits per heavy atom. The van der Waals surface area contributed by atoms with Crippen LogP contribution >= 0.6 is 0 Å². The normalized spacial score (nSPS) is 33.6. The summed E-state index contributed by atoms with van der Waals surface area (Å²) in [5, 5.41) is 3.84. The molecule has 0 bridgehead atoms. The second-order valence-corrected chi connectivity index (χ2v) is 5.05. The highest BCUT2D eigenvalue weighted by Crippen LogP contribution is 2.29. The van der Waals surface area contributed by atoms with Crippen LogP contribution in [0.1, 0.15) is 59.8 Å². The first-order valence-corrected chi connectivity index (χ1v) is 6.45. The van der Waals surface area contributed by atoms with Crippen LogP contribution in [-0.2, 0) is 0 Å². The maximum atomic E-state index is 3.84. The van der Waals surface area contributed by atoms with E-state index in [9.17, 15) is 0 Å². The van der Waals surface area contributed by atoms with Crippen LogP contribution in [0, 0.1) is 11.8 Å². The molecule has 1 nitrogen and oxygen atoms in total. The van der Waals surface area contributed by atoms with Gasteiger partial charge < -0.3 is 5.32 Å². The van der Waals surface area contributed by atoms with Crippen LogP contribution in [0.15, 0.2) is 0 Å². The van der Waals surface area contributed by atoms with Gasteiger partial charge in [0.25, 0.3) is 0 Å². The molecule has 0 radical (unpaired) electrons. The van der Waals surface area contributed by atoms with Gasteiger partial charge in [-0.1, -0.05) is 40.5 Å². The third-order valence-corrected chi connectivity index (χ3v) is 4.14. The third kappa shape index (κ3) is 2.98. The van der Waals surface area contributed by atoms with E-state index >= 15 is 0 Å². The third-order valence-electron chi connectivity index (χ3n) is 4.14. The van der Waals surface area contributed by atoms with Gasteiger partial charge in [0.1, 0.15) is 0 Å². The molecule has 0 amide bonds. The Bertz CT molecular complexity index is 151. The summed E-state index contributed by atoms with van der Waals surface area (Å²) >= 11 is 0. The summed E-state index contributed by atoms with van der Waals surface area (Å²) in [6.45, 7) is 9.41. The topological polar surface area (TPSA) is 12.0 Å². The van der Waals surface area contributed by atoms with Gasteiger partial charge in [-0.3, -0.25) is 0 Å². The standard InChI is InChI=1S/C13H27N/c1-5-12(6-2)14-13-9-7-8-10(3)11(13)4/h10-14H,5-9H2,1-4H3. The molecule has 1 saturated carbocycles. The van der Waals surface area contributed by atoms with E-state index in [-0.39, 0.29) is 0 Å². The predicted molar refractivity (Wildman–Crippen MR) is 63.5 cm³/mol. The molecule has 0 spiro atoms. The van der Waals surface area contributed by atoms with Gasteiger partial charge in [0, 0.05) is 12.1 Å². The molecule has 0 aromatic rings. The van der Waals surface area contributed by atoms with Crippen LogP contribution in [0.4, 0.5) is 0 Å². The molecule has 0 aliphatic heterocycles. The Kier molecular flexibility index (Phi) is 4.94. The lowest BCUT2D eigenvalue weighted by Gasteiger charge is -2.37. The van der Waals surface area contributed by atoms with Gasteiger partial charge in [-0.15, -0.1) is 0 Å². The summed E-state index contributed by atoms with van der Waals surface area (Å²) in [4.78, 5) is 0. The van der Waals surface area contributed by atoms with E-state index in [2.05, 4.69) is 33.0 Å². The zero-order valence-electron chi connectivity index (χ0n) is 10.3. The summed E-state index contributed by atoms with van der Waals surface area (Å²) < 4.78 is 0. The van der Waals surface area contributed by atoms with Gasteiger partial charge >= 0.3 is 0 Å². The zero-order valence-corrected chi connectivity index (χ0v) is 10.3. The highest BCUT2D eigenvalue weighted by atomic mass is 15.0. The van der Waals surface area contributed by atoms with Crippen molar-refractivity contribution in [1.82, 2.24) is 5.32 Å².